The van der Waals surface area contributed by atoms with Crippen LogP contribution in [0.2, 0.25) is 0 Å². The van der Waals surface area contributed by atoms with E-state index in [9.17, 15) is 0 Å². The lowest BCUT2D eigenvalue weighted by Crippen LogP contribution is -2.26. The van der Waals surface area contributed by atoms with Crippen LogP contribution < -0.4 is 15.9 Å². The molecule has 0 aromatic heterocycles. The molecule has 0 bridgehead atoms. The first-order valence-electron chi connectivity index (χ1n) is 15.0. The molecule has 0 aliphatic heterocycles. The van der Waals surface area contributed by atoms with E-state index < -0.39 is 7.14 Å². The lowest BCUT2D eigenvalue weighted by atomic mass is 9.90. The lowest BCUT2D eigenvalue weighted by Gasteiger charge is -2.24. The summed E-state index contributed by atoms with van der Waals surface area (Å²) in [6.07, 6.45) is 0. The van der Waals surface area contributed by atoms with Crippen LogP contribution in [-0.2, 0) is 4.57 Å². The highest BCUT2D eigenvalue weighted by Gasteiger charge is 2.33. The van der Waals surface area contributed by atoms with Gasteiger partial charge < -0.3 is 4.57 Å². The van der Waals surface area contributed by atoms with Crippen LogP contribution in [0.25, 0.3) is 65.0 Å². The maximum absolute atomic E-state index is 16.2. The zero-order valence-corrected chi connectivity index (χ0v) is 24.8. The minimum atomic E-state index is -3.33. The molecule has 9 aromatic rings. The Morgan fingerprint density at radius 1 is 0.364 bits per heavy atom. The summed E-state index contributed by atoms with van der Waals surface area (Å²) < 4.78 is 16.2. The van der Waals surface area contributed by atoms with Crippen molar-refractivity contribution in [3.63, 3.8) is 0 Å². The van der Waals surface area contributed by atoms with Gasteiger partial charge in [0.2, 0.25) is 0 Å². The molecule has 9 aromatic carbocycles. The van der Waals surface area contributed by atoms with Gasteiger partial charge in [-0.15, -0.1) is 0 Å². The van der Waals surface area contributed by atoms with Crippen LogP contribution in [0.4, 0.5) is 0 Å². The van der Waals surface area contributed by atoms with Crippen molar-refractivity contribution in [2.24, 2.45) is 0 Å². The zero-order valence-electron chi connectivity index (χ0n) is 23.9. The van der Waals surface area contributed by atoms with Crippen molar-refractivity contribution >= 4 is 76.9 Å². The topological polar surface area (TPSA) is 17.1 Å². The van der Waals surface area contributed by atoms with Crippen LogP contribution in [-0.4, -0.2) is 0 Å². The normalized spacial score (nSPS) is 12.2. The molecule has 0 unspecified atom stereocenters. The minimum Gasteiger partial charge on any atom is -0.309 e. The number of hydrogen-bond acceptors (Lipinski definition) is 1. The quantitative estimate of drug-likeness (QED) is 0.150. The predicted octanol–water partition coefficient (Wildman–Crippen LogP) is 10.2. The van der Waals surface area contributed by atoms with Crippen LogP contribution in [0.3, 0.4) is 0 Å². The average Bonchev–Trinajstić information content (AvgIpc) is 3.10. The van der Waals surface area contributed by atoms with Crippen molar-refractivity contribution in [3.8, 4) is 11.1 Å². The SMILES string of the molecule is O=P(c1cccc(-c2ccc3ccc4cccc5ccc2c3c45)c1)(c1cccc2ccccc12)c1cccc2ccccc12. The Morgan fingerprint density at radius 3 is 1.55 bits per heavy atom. The van der Waals surface area contributed by atoms with Gasteiger partial charge in [-0.2, -0.15) is 0 Å². The molecule has 0 atom stereocenters. The third kappa shape index (κ3) is 3.63. The van der Waals surface area contributed by atoms with E-state index in [-0.39, 0.29) is 0 Å². The van der Waals surface area contributed by atoms with Gasteiger partial charge in [-0.25, -0.2) is 0 Å². The largest absolute Gasteiger partial charge is 0.309 e. The molecule has 0 radical (unpaired) electrons. The molecule has 0 N–H and O–H groups in total. The molecule has 0 fully saturated rings. The van der Waals surface area contributed by atoms with Crippen LogP contribution in [0.5, 0.6) is 0 Å². The Kier molecular flexibility index (Phi) is 5.54. The van der Waals surface area contributed by atoms with E-state index in [0.717, 1.165) is 48.6 Å². The number of hydrogen-bond donors (Lipinski definition) is 0. The Morgan fingerprint density at radius 2 is 0.864 bits per heavy atom. The lowest BCUT2D eigenvalue weighted by molar-refractivity contribution is 0.593. The predicted molar refractivity (Wildman–Crippen MR) is 190 cm³/mol. The number of benzene rings is 9. The summed E-state index contributed by atoms with van der Waals surface area (Å²) in [6, 6.07) is 57.4. The molecule has 9 rings (SSSR count). The maximum Gasteiger partial charge on any atom is 0.172 e. The highest BCUT2D eigenvalue weighted by atomic mass is 31.2. The van der Waals surface area contributed by atoms with Crippen molar-refractivity contribution in [1.82, 2.24) is 0 Å². The van der Waals surface area contributed by atoms with Gasteiger partial charge >= 0.3 is 0 Å². The van der Waals surface area contributed by atoms with Gasteiger partial charge in [0.1, 0.15) is 0 Å². The highest BCUT2D eigenvalue weighted by Crippen LogP contribution is 2.47. The highest BCUT2D eigenvalue weighted by molar-refractivity contribution is 7.86. The molecule has 0 saturated carbocycles. The Labute approximate surface area is 255 Å². The second-order valence-electron chi connectivity index (χ2n) is 11.6. The van der Waals surface area contributed by atoms with E-state index in [1.807, 2.05) is 36.4 Å². The third-order valence-corrected chi connectivity index (χ3v) is 12.4. The summed E-state index contributed by atoms with van der Waals surface area (Å²) in [5.41, 5.74) is 2.22. The van der Waals surface area contributed by atoms with Crippen molar-refractivity contribution in [3.05, 3.63) is 164 Å². The van der Waals surface area contributed by atoms with Crippen molar-refractivity contribution < 1.29 is 4.57 Å². The van der Waals surface area contributed by atoms with Gasteiger partial charge in [-0.3, -0.25) is 0 Å². The second kappa shape index (κ2) is 9.64. The molecule has 2 heteroatoms. The third-order valence-electron chi connectivity index (χ3n) is 9.26. The summed E-state index contributed by atoms with van der Waals surface area (Å²) in [5, 5.41) is 14.4. The van der Waals surface area contributed by atoms with Crippen molar-refractivity contribution in [2.45, 2.75) is 0 Å². The molecule has 0 heterocycles. The fourth-order valence-corrected chi connectivity index (χ4v) is 10.3. The van der Waals surface area contributed by atoms with Crippen LogP contribution in [0.15, 0.2) is 164 Å². The molecule has 0 aliphatic rings. The van der Waals surface area contributed by atoms with E-state index in [1.165, 1.54) is 32.3 Å². The number of rotatable bonds is 4. The van der Waals surface area contributed by atoms with E-state index in [0.29, 0.717) is 0 Å². The van der Waals surface area contributed by atoms with Gasteiger partial charge in [0.05, 0.1) is 0 Å². The fourth-order valence-electron chi connectivity index (χ4n) is 7.23. The fraction of sp³-hybridized carbons (Fsp3) is 0. The molecular weight excluding hydrogens is 551 g/mol. The average molecular weight is 579 g/mol. The molecule has 0 amide bonds. The molecule has 0 aliphatic carbocycles. The van der Waals surface area contributed by atoms with Crippen molar-refractivity contribution in [2.75, 3.05) is 0 Å². The smallest absolute Gasteiger partial charge is 0.172 e. The molecule has 0 saturated heterocycles. The monoisotopic (exact) mass is 578 g/mol. The van der Waals surface area contributed by atoms with Crippen LogP contribution in [0.1, 0.15) is 0 Å². The van der Waals surface area contributed by atoms with Crippen LogP contribution >= 0.6 is 7.14 Å². The van der Waals surface area contributed by atoms with Gasteiger partial charge in [0, 0.05) is 15.9 Å². The van der Waals surface area contributed by atoms with Crippen LogP contribution in [0, 0.1) is 0 Å². The summed E-state index contributed by atoms with van der Waals surface area (Å²) in [4.78, 5) is 0. The molecule has 0 spiro atoms. The van der Waals surface area contributed by atoms with Gasteiger partial charge in [0.25, 0.3) is 0 Å². The van der Waals surface area contributed by atoms with Gasteiger partial charge in [0.15, 0.2) is 7.14 Å². The molecule has 44 heavy (non-hydrogen) atoms. The van der Waals surface area contributed by atoms with E-state index >= 15 is 4.57 Å². The van der Waals surface area contributed by atoms with E-state index in [4.69, 9.17) is 0 Å². The first-order chi connectivity index (χ1) is 21.7. The van der Waals surface area contributed by atoms with E-state index in [1.54, 1.807) is 0 Å². The maximum atomic E-state index is 16.2. The van der Waals surface area contributed by atoms with Gasteiger partial charge in [-0.1, -0.05) is 158 Å². The molecular formula is C42H27OP. The second-order valence-corrected chi connectivity index (χ2v) is 14.3. The van der Waals surface area contributed by atoms with Gasteiger partial charge in [-0.05, 0) is 71.1 Å². The standard InChI is InChI=1S/C42H27OP/c43-44(39-19-7-11-28-9-1-3-17-36(28)39,40-20-8-12-29-10-2-4-18-37(29)40)34-16-6-15-33(27-34)35-25-23-32-22-21-30-13-5-14-31-24-26-38(35)42(32)41(30)31/h1-27H. The summed E-state index contributed by atoms with van der Waals surface area (Å²) in [5.74, 6) is 0. The number of fused-ring (bicyclic) bond motifs is 2. The first-order valence-corrected chi connectivity index (χ1v) is 16.8. The Balaban J connectivity index is 1.35. The first kappa shape index (κ1) is 25.3. The summed E-state index contributed by atoms with van der Waals surface area (Å²) in [6.45, 7) is 0. The zero-order chi connectivity index (χ0) is 29.3. The minimum absolute atomic E-state index is 0.841. The summed E-state index contributed by atoms with van der Waals surface area (Å²) in [7, 11) is -3.33. The molecule has 1 nitrogen and oxygen atoms in total. The Bertz CT molecular complexity index is 2490. The van der Waals surface area contributed by atoms with Crippen molar-refractivity contribution in [1.29, 1.82) is 0 Å². The summed E-state index contributed by atoms with van der Waals surface area (Å²) >= 11 is 0. The molecule has 206 valence electrons. The Hall–Kier alpha value is -5.23. The van der Waals surface area contributed by atoms with E-state index in [2.05, 4.69) is 127 Å².